The summed E-state index contributed by atoms with van der Waals surface area (Å²) in [6.07, 6.45) is 2.76. The van der Waals surface area contributed by atoms with Crippen molar-refractivity contribution in [3.63, 3.8) is 0 Å². The minimum Gasteiger partial charge on any atom is -0.495 e. The van der Waals surface area contributed by atoms with Crippen LogP contribution in [0.1, 0.15) is 29.3 Å². The van der Waals surface area contributed by atoms with Gasteiger partial charge in [0.15, 0.2) is 5.96 Å². The maximum Gasteiger partial charge on any atom is 0.221 e. The molecule has 3 N–H and O–H groups in total. The lowest BCUT2D eigenvalue weighted by molar-refractivity contribution is -0.114. The molecule has 9 heteroatoms. The van der Waals surface area contributed by atoms with E-state index in [1.54, 1.807) is 18.4 Å². The molecule has 2 rings (SSSR count). The molecule has 1 aromatic carbocycles. The van der Waals surface area contributed by atoms with Crippen molar-refractivity contribution >= 4 is 52.9 Å². The zero-order valence-electron chi connectivity index (χ0n) is 16.7. The number of aliphatic imine (C=N–C) groups is 1. The van der Waals surface area contributed by atoms with Gasteiger partial charge in [-0.1, -0.05) is 6.07 Å². The van der Waals surface area contributed by atoms with E-state index in [4.69, 9.17) is 4.74 Å². The lowest BCUT2D eigenvalue weighted by Gasteiger charge is -2.12. The third kappa shape index (κ3) is 8.01. The van der Waals surface area contributed by atoms with Crippen LogP contribution in [0.15, 0.2) is 29.4 Å². The average molecular weight is 517 g/mol. The lowest BCUT2D eigenvalue weighted by Crippen LogP contribution is -2.38. The summed E-state index contributed by atoms with van der Waals surface area (Å²) >= 11 is 1.72. The Kier molecular flexibility index (Phi) is 10.8. The van der Waals surface area contributed by atoms with Crippen molar-refractivity contribution in [1.82, 2.24) is 15.6 Å². The van der Waals surface area contributed by atoms with Crippen LogP contribution in [0.4, 0.5) is 5.69 Å². The number of anilines is 1. The summed E-state index contributed by atoms with van der Waals surface area (Å²) in [6.45, 7) is 7.60. The van der Waals surface area contributed by atoms with Crippen molar-refractivity contribution in [2.75, 3.05) is 25.5 Å². The molecule has 0 aliphatic rings. The van der Waals surface area contributed by atoms with Gasteiger partial charge in [0, 0.05) is 37.5 Å². The van der Waals surface area contributed by atoms with Gasteiger partial charge in [-0.3, -0.25) is 4.79 Å². The topological polar surface area (TPSA) is 87.6 Å². The number of ether oxygens (including phenoxy) is 1. The van der Waals surface area contributed by atoms with Gasteiger partial charge in [0.1, 0.15) is 5.75 Å². The number of aromatic nitrogens is 1. The molecule has 154 valence electrons. The first kappa shape index (κ1) is 24.2. The normalized spacial score (nSPS) is 10.8. The Balaban J connectivity index is 0.00000392. The molecule has 0 spiro atoms. The smallest absolute Gasteiger partial charge is 0.221 e. The molecule has 28 heavy (non-hydrogen) atoms. The van der Waals surface area contributed by atoms with Crippen molar-refractivity contribution in [3.05, 3.63) is 39.8 Å². The first-order chi connectivity index (χ1) is 13.0. The number of aryl methyl sites for hydroxylation is 1. The molecule has 0 bridgehead atoms. The lowest BCUT2D eigenvalue weighted by atomic mass is 10.2. The zero-order valence-corrected chi connectivity index (χ0v) is 19.8. The number of carbonyl (C=O) groups excluding carboxylic acids is 1. The molecule has 1 amide bonds. The second kappa shape index (κ2) is 12.6. The van der Waals surface area contributed by atoms with Crippen LogP contribution in [0.25, 0.3) is 0 Å². The molecular weight excluding hydrogens is 489 g/mol. The minimum absolute atomic E-state index is 0. The molecule has 1 aromatic heterocycles. The highest BCUT2D eigenvalue weighted by Crippen LogP contribution is 2.25. The molecule has 0 atom stereocenters. The van der Waals surface area contributed by atoms with Crippen LogP contribution in [-0.2, 0) is 17.8 Å². The van der Waals surface area contributed by atoms with E-state index in [0.717, 1.165) is 36.0 Å². The molecule has 0 aliphatic heterocycles. The highest BCUT2D eigenvalue weighted by Gasteiger charge is 2.06. The number of carbonyl (C=O) groups is 1. The quantitative estimate of drug-likeness (QED) is 0.284. The number of thiazole rings is 1. The predicted molar refractivity (Wildman–Crippen MR) is 126 cm³/mol. The van der Waals surface area contributed by atoms with E-state index >= 15 is 0 Å². The summed E-state index contributed by atoms with van der Waals surface area (Å²) in [5.41, 5.74) is 1.63. The maximum atomic E-state index is 11.4. The minimum atomic E-state index is -0.138. The Morgan fingerprint density at radius 2 is 2.11 bits per heavy atom. The van der Waals surface area contributed by atoms with Gasteiger partial charge in [-0.05, 0) is 31.5 Å². The van der Waals surface area contributed by atoms with E-state index in [9.17, 15) is 4.79 Å². The van der Waals surface area contributed by atoms with Gasteiger partial charge in [0.05, 0.1) is 24.3 Å². The van der Waals surface area contributed by atoms with Gasteiger partial charge in [-0.2, -0.15) is 0 Å². The van der Waals surface area contributed by atoms with Crippen LogP contribution in [0.2, 0.25) is 0 Å². The molecule has 0 radical (unpaired) electrons. The van der Waals surface area contributed by atoms with Gasteiger partial charge in [0.25, 0.3) is 0 Å². The summed E-state index contributed by atoms with van der Waals surface area (Å²) in [6, 6.07) is 5.66. The Hall–Kier alpha value is -1.88. The fourth-order valence-corrected chi connectivity index (χ4v) is 3.24. The number of guanidine groups is 1. The SMILES string of the molecule is CCNC(=NCc1ccc(OC)c(NC(C)=O)c1)NCCc1ncc(C)s1.I. The average Bonchev–Trinajstić information content (AvgIpc) is 3.04. The molecule has 0 fully saturated rings. The van der Waals surface area contributed by atoms with Crippen LogP contribution in [0.3, 0.4) is 0 Å². The number of methoxy groups -OCH3 is 1. The first-order valence-electron chi connectivity index (χ1n) is 8.89. The Labute approximate surface area is 187 Å². The summed E-state index contributed by atoms with van der Waals surface area (Å²) in [5, 5.41) is 10.5. The fraction of sp³-hybridized carbons (Fsp3) is 0.421. The van der Waals surface area contributed by atoms with Crippen LogP contribution in [-0.4, -0.2) is 37.1 Å². The summed E-state index contributed by atoms with van der Waals surface area (Å²) in [5.74, 6) is 1.24. The number of halogens is 1. The molecule has 0 aliphatic carbocycles. The zero-order chi connectivity index (χ0) is 19.6. The number of amides is 1. The largest absolute Gasteiger partial charge is 0.495 e. The van der Waals surface area contributed by atoms with Crippen molar-refractivity contribution in [2.24, 2.45) is 4.99 Å². The molecule has 2 aromatic rings. The molecule has 0 saturated carbocycles. The third-order valence-electron chi connectivity index (χ3n) is 3.64. The third-order valence-corrected chi connectivity index (χ3v) is 4.61. The second-order valence-corrected chi connectivity index (χ2v) is 7.27. The number of benzene rings is 1. The summed E-state index contributed by atoms with van der Waals surface area (Å²) in [7, 11) is 1.58. The first-order valence-corrected chi connectivity index (χ1v) is 9.71. The van der Waals surface area contributed by atoms with Crippen LogP contribution < -0.4 is 20.7 Å². The van der Waals surface area contributed by atoms with E-state index in [1.165, 1.54) is 11.8 Å². The van der Waals surface area contributed by atoms with E-state index in [0.29, 0.717) is 18.0 Å². The van der Waals surface area contributed by atoms with Gasteiger partial charge in [0.2, 0.25) is 5.91 Å². The maximum absolute atomic E-state index is 11.4. The van der Waals surface area contributed by atoms with E-state index in [1.807, 2.05) is 31.3 Å². The number of nitrogens with one attached hydrogen (secondary N) is 3. The highest BCUT2D eigenvalue weighted by molar-refractivity contribution is 14.0. The summed E-state index contributed by atoms with van der Waals surface area (Å²) in [4.78, 5) is 21.6. The molecule has 0 saturated heterocycles. The summed E-state index contributed by atoms with van der Waals surface area (Å²) < 4.78 is 5.28. The molecule has 1 heterocycles. The van der Waals surface area contributed by atoms with Crippen molar-refractivity contribution in [1.29, 1.82) is 0 Å². The number of hydrogen-bond acceptors (Lipinski definition) is 5. The standard InChI is InChI=1S/C19H27N5O2S.HI/c1-5-20-19(21-9-8-18-22-11-13(2)27-18)23-12-15-6-7-17(26-4)16(10-15)24-14(3)25;/h6-7,10-11H,5,8-9,12H2,1-4H3,(H,24,25)(H2,20,21,23);1H. The predicted octanol–water partition coefficient (Wildman–Crippen LogP) is 3.33. The van der Waals surface area contributed by atoms with Crippen molar-refractivity contribution < 1.29 is 9.53 Å². The highest BCUT2D eigenvalue weighted by atomic mass is 127. The van der Waals surface area contributed by atoms with Gasteiger partial charge >= 0.3 is 0 Å². The number of nitrogens with zero attached hydrogens (tertiary/aromatic N) is 2. The fourth-order valence-electron chi connectivity index (χ4n) is 2.46. The van der Waals surface area contributed by atoms with Crippen molar-refractivity contribution in [3.8, 4) is 5.75 Å². The number of hydrogen-bond donors (Lipinski definition) is 3. The van der Waals surface area contributed by atoms with Crippen LogP contribution in [0, 0.1) is 6.92 Å². The Bertz CT molecular complexity index is 794. The van der Waals surface area contributed by atoms with Crippen LogP contribution >= 0.6 is 35.3 Å². The number of rotatable bonds is 8. The van der Waals surface area contributed by atoms with E-state index < -0.39 is 0 Å². The molecule has 0 unspecified atom stereocenters. The van der Waals surface area contributed by atoms with Gasteiger partial charge < -0.3 is 20.7 Å². The van der Waals surface area contributed by atoms with Gasteiger partial charge in [-0.25, -0.2) is 9.98 Å². The van der Waals surface area contributed by atoms with Gasteiger partial charge in [-0.15, -0.1) is 35.3 Å². The van der Waals surface area contributed by atoms with Crippen molar-refractivity contribution in [2.45, 2.75) is 33.7 Å². The molecule has 7 nitrogen and oxygen atoms in total. The van der Waals surface area contributed by atoms with E-state index in [-0.39, 0.29) is 29.9 Å². The van der Waals surface area contributed by atoms with E-state index in [2.05, 4.69) is 32.9 Å². The Morgan fingerprint density at radius 3 is 2.71 bits per heavy atom. The van der Waals surface area contributed by atoms with Crippen LogP contribution in [0.5, 0.6) is 5.75 Å². The molecular formula is C19H28IN5O2S. The monoisotopic (exact) mass is 517 g/mol. The second-order valence-electron chi connectivity index (χ2n) is 5.95. The Morgan fingerprint density at radius 1 is 1.32 bits per heavy atom.